The van der Waals surface area contributed by atoms with Crippen LogP contribution in [0.1, 0.15) is 24.2 Å². The second-order valence-corrected chi connectivity index (χ2v) is 5.31. The van der Waals surface area contributed by atoms with Gasteiger partial charge in [0, 0.05) is 7.11 Å². The van der Waals surface area contributed by atoms with Gasteiger partial charge in [-0.15, -0.1) is 0 Å². The van der Waals surface area contributed by atoms with Gasteiger partial charge in [-0.25, -0.2) is 4.79 Å². The van der Waals surface area contributed by atoms with Crippen LogP contribution in [0.4, 0.5) is 0 Å². The first-order valence-electron chi connectivity index (χ1n) is 6.31. The molecule has 0 atom stereocenters. The topological polar surface area (TPSA) is 101 Å². The van der Waals surface area contributed by atoms with E-state index in [1.54, 1.807) is 19.9 Å². The van der Waals surface area contributed by atoms with Gasteiger partial charge in [0.2, 0.25) is 0 Å². The van der Waals surface area contributed by atoms with Crippen molar-refractivity contribution in [3.8, 4) is 0 Å². The van der Waals surface area contributed by atoms with E-state index in [9.17, 15) is 19.5 Å². The molecular weight excluding hydrogens is 276 g/mol. The van der Waals surface area contributed by atoms with E-state index >= 15 is 0 Å². The summed E-state index contributed by atoms with van der Waals surface area (Å²) in [5, 5.41) is 9.18. The van der Waals surface area contributed by atoms with E-state index in [0.29, 0.717) is 5.52 Å². The minimum atomic E-state index is -1.17. The monoisotopic (exact) mass is 292 g/mol. The molecule has 0 fully saturated rings. The Morgan fingerprint density at radius 2 is 2.05 bits per heavy atom. The Hall–Kier alpha value is -2.41. The summed E-state index contributed by atoms with van der Waals surface area (Å²) >= 11 is 0. The van der Waals surface area contributed by atoms with E-state index in [1.165, 1.54) is 23.8 Å². The first-order chi connectivity index (χ1) is 9.76. The van der Waals surface area contributed by atoms with Crippen LogP contribution in [0.5, 0.6) is 0 Å². The minimum absolute atomic E-state index is 0.0615. The molecule has 0 unspecified atom stereocenters. The number of hydrogen-bond acceptors (Lipinski definition) is 4. The molecule has 1 heterocycles. The van der Waals surface area contributed by atoms with Crippen molar-refractivity contribution < 1.29 is 14.6 Å². The van der Waals surface area contributed by atoms with Gasteiger partial charge < -0.3 is 14.8 Å². The molecular formula is C14H16N2O5. The molecule has 7 heteroatoms. The van der Waals surface area contributed by atoms with Crippen LogP contribution in [0.3, 0.4) is 0 Å². The Morgan fingerprint density at radius 3 is 2.62 bits per heavy atom. The van der Waals surface area contributed by atoms with E-state index in [1.807, 2.05) is 0 Å². The Balaban J connectivity index is 2.84. The maximum absolute atomic E-state index is 12.1. The molecule has 2 rings (SSSR count). The van der Waals surface area contributed by atoms with Crippen molar-refractivity contribution in [1.82, 2.24) is 9.55 Å². The van der Waals surface area contributed by atoms with E-state index in [0.717, 1.165) is 0 Å². The molecule has 0 aliphatic heterocycles. The van der Waals surface area contributed by atoms with Gasteiger partial charge in [0.25, 0.3) is 0 Å². The molecule has 0 radical (unpaired) electrons. The van der Waals surface area contributed by atoms with Gasteiger partial charge in [-0.05, 0) is 26.0 Å². The lowest BCUT2D eigenvalue weighted by Gasteiger charge is -2.24. The summed E-state index contributed by atoms with van der Waals surface area (Å²) in [6.07, 6.45) is 0. The van der Waals surface area contributed by atoms with Crippen LogP contribution in [0.2, 0.25) is 0 Å². The van der Waals surface area contributed by atoms with Crippen molar-refractivity contribution in [2.75, 3.05) is 7.11 Å². The van der Waals surface area contributed by atoms with Crippen LogP contribution in [0, 0.1) is 0 Å². The molecule has 0 bridgehead atoms. The number of aromatic carboxylic acids is 1. The number of carbonyl (C=O) groups is 1. The maximum atomic E-state index is 12.1. The van der Waals surface area contributed by atoms with Crippen LogP contribution in [0.25, 0.3) is 11.0 Å². The molecule has 7 nitrogen and oxygen atoms in total. The van der Waals surface area contributed by atoms with Gasteiger partial charge in [-0.2, -0.15) is 0 Å². The first-order valence-corrected chi connectivity index (χ1v) is 6.31. The normalized spacial score (nSPS) is 11.8. The average molecular weight is 292 g/mol. The summed E-state index contributed by atoms with van der Waals surface area (Å²) in [5.41, 5.74) is -1.86. The lowest BCUT2D eigenvalue weighted by molar-refractivity contribution is 0.00828. The predicted molar refractivity (Wildman–Crippen MR) is 76.9 cm³/mol. The molecule has 0 aliphatic rings. The summed E-state index contributed by atoms with van der Waals surface area (Å²) in [4.78, 5) is 37.4. The highest BCUT2D eigenvalue weighted by atomic mass is 16.5. The maximum Gasteiger partial charge on any atom is 0.337 e. The lowest BCUT2D eigenvalue weighted by atomic mass is 10.1. The number of H-pyrrole nitrogens is 1. The number of aromatic amines is 1. The van der Waals surface area contributed by atoms with Gasteiger partial charge in [-0.1, -0.05) is 6.07 Å². The third kappa shape index (κ3) is 2.73. The molecule has 0 saturated heterocycles. The number of carboxylic acids is 1. The largest absolute Gasteiger partial charge is 0.478 e. The van der Waals surface area contributed by atoms with Crippen LogP contribution in [-0.4, -0.2) is 33.3 Å². The molecule has 0 aliphatic carbocycles. The number of aromatic nitrogens is 2. The molecule has 2 N–H and O–H groups in total. The molecule has 112 valence electrons. The summed E-state index contributed by atoms with van der Waals surface area (Å²) in [6.45, 7) is 3.67. The van der Waals surface area contributed by atoms with Crippen LogP contribution >= 0.6 is 0 Å². The van der Waals surface area contributed by atoms with Crippen molar-refractivity contribution in [3.05, 3.63) is 44.5 Å². The highest BCUT2D eigenvalue weighted by molar-refractivity contribution is 6.00. The fourth-order valence-electron chi connectivity index (χ4n) is 2.08. The van der Waals surface area contributed by atoms with Crippen molar-refractivity contribution in [3.63, 3.8) is 0 Å². The Morgan fingerprint density at radius 1 is 1.38 bits per heavy atom. The van der Waals surface area contributed by atoms with Crippen molar-refractivity contribution >= 4 is 17.0 Å². The van der Waals surface area contributed by atoms with Gasteiger partial charge in [0.1, 0.15) is 0 Å². The highest BCUT2D eigenvalue weighted by Gasteiger charge is 2.21. The summed E-state index contributed by atoms with van der Waals surface area (Å²) < 4.78 is 6.51. The third-order valence-corrected chi connectivity index (χ3v) is 3.33. The Kier molecular flexibility index (Phi) is 3.69. The standard InChI is InChI=1S/C14H16N2O5/c1-14(2,21-3)7-16-9-6-4-5-8(13(19)20)10(9)15-11(17)12(16)18/h4-6H,7H2,1-3H3,(H,15,17)(H,19,20). The number of fused-ring (bicyclic) bond motifs is 1. The minimum Gasteiger partial charge on any atom is -0.478 e. The zero-order valence-electron chi connectivity index (χ0n) is 12.0. The van der Waals surface area contributed by atoms with Gasteiger partial charge in [-0.3, -0.25) is 14.2 Å². The molecule has 0 amide bonds. The fourth-order valence-corrected chi connectivity index (χ4v) is 2.08. The number of nitrogens with zero attached hydrogens (tertiary/aromatic N) is 1. The summed E-state index contributed by atoms with van der Waals surface area (Å²) in [6, 6.07) is 4.49. The molecule has 2 aromatic rings. The molecule has 0 spiro atoms. The van der Waals surface area contributed by atoms with Crippen molar-refractivity contribution in [2.24, 2.45) is 0 Å². The number of ether oxygens (including phenoxy) is 1. The van der Waals surface area contributed by atoms with Crippen molar-refractivity contribution in [2.45, 2.75) is 26.0 Å². The number of methoxy groups -OCH3 is 1. The number of carboxylic acid groups (broad SMARTS) is 1. The number of rotatable bonds is 4. The lowest BCUT2D eigenvalue weighted by Crippen LogP contribution is -2.42. The van der Waals surface area contributed by atoms with E-state index in [4.69, 9.17) is 4.74 Å². The zero-order chi connectivity index (χ0) is 15.8. The van der Waals surface area contributed by atoms with E-state index in [2.05, 4.69) is 4.98 Å². The molecule has 1 aromatic heterocycles. The number of hydrogen-bond donors (Lipinski definition) is 2. The predicted octanol–water partition coefficient (Wildman–Crippen LogP) is 0.813. The van der Waals surface area contributed by atoms with Gasteiger partial charge in [0.15, 0.2) is 0 Å². The first kappa shape index (κ1) is 15.0. The SMILES string of the molecule is COC(C)(C)Cn1c(=O)c(=O)[nH]c2c(C(=O)O)cccc21. The Labute approximate surface area is 119 Å². The van der Waals surface area contributed by atoms with Gasteiger partial charge in [0.05, 0.1) is 28.7 Å². The zero-order valence-corrected chi connectivity index (χ0v) is 12.0. The number of nitrogens with one attached hydrogen (secondary N) is 1. The van der Waals surface area contributed by atoms with Crippen molar-refractivity contribution in [1.29, 1.82) is 0 Å². The number of benzene rings is 1. The summed E-state index contributed by atoms with van der Waals surface area (Å²) in [5.74, 6) is -1.17. The molecule has 1 aromatic carbocycles. The number of para-hydroxylation sites is 1. The Bertz CT molecular complexity index is 816. The second-order valence-electron chi connectivity index (χ2n) is 5.31. The smallest absolute Gasteiger partial charge is 0.337 e. The van der Waals surface area contributed by atoms with Crippen LogP contribution in [-0.2, 0) is 11.3 Å². The van der Waals surface area contributed by atoms with Crippen LogP contribution < -0.4 is 11.1 Å². The van der Waals surface area contributed by atoms with E-state index in [-0.39, 0.29) is 17.6 Å². The molecule has 21 heavy (non-hydrogen) atoms. The molecule has 0 saturated carbocycles. The van der Waals surface area contributed by atoms with Crippen LogP contribution in [0.15, 0.2) is 27.8 Å². The quantitative estimate of drug-likeness (QED) is 0.812. The van der Waals surface area contributed by atoms with E-state index < -0.39 is 22.7 Å². The highest BCUT2D eigenvalue weighted by Crippen LogP contribution is 2.17. The second kappa shape index (κ2) is 5.17. The third-order valence-electron chi connectivity index (χ3n) is 3.33. The summed E-state index contributed by atoms with van der Waals surface area (Å²) in [7, 11) is 1.50. The average Bonchev–Trinajstić information content (AvgIpc) is 2.43. The fraction of sp³-hybridized carbons (Fsp3) is 0.357. The van der Waals surface area contributed by atoms with Gasteiger partial charge >= 0.3 is 17.1 Å².